The molecule has 4 saturated heterocycles. The van der Waals surface area contributed by atoms with E-state index in [0.717, 1.165) is 75.0 Å². The number of hydrogen-bond acceptors (Lipinski definition) is 10. The van der Waals surface area contributed by atoms with Crippen LogP contribution in [-0.4, -0.2) is 101 Å². The molecule has 8 N–H and O–H groups in total. The van der Waals surface area contributed by atoms with Gasteiger partial charge < -0.3 is 46.3 Å². The summed E-state index contributed by atoms with van der Waals surface area (Å²) < 4.78 is 8.67. The Morgan fingerprint density at radius 1 is 0.933 bits per heavy atom. The molecule has 14 nitrogen and oxygen atoms in total. The van der Waals surface area contributed by atoms with E-state index in [2.05, 4.69) is 44.9 Å². The molecule has 3 aromatic carbocycles. The SMILES string of the molecule is Cc1cn(C2CCN(CC3CCN(C(=O)c4ccc(C5CN(C(/C=C(\N)c6ccccc6O)=C(N)N)C(C)CO5)cc4)CC3)CC2)c2ccc(N3CCC(=O)NC3=O)cc12. The number of aromatic nitrogens is 1. The summed E-state index contributed by atoms with van der Waals surface area (Å²) in [5, 5.41) is 13.9. The summed E-state index contributed by atoms with van der Waals surface area (Å²) in [6, 6.07) is 20.8. The van der Waals surface area contributed by atoms with Crippen molar-refractivity contribution in [2.45, 2.75) is 64.1 Å². The van der Waals surface area contributed by atoms with Gasteiger partial charge in [-0.25, -0.2) is 4.79 Å². The van der Waals surface area contributed by atoms with E-state index in [4.69, 9.17) is 21.9 Å². The number of amides is 4. The molecular weight excluding hydrogens is 759 g/mol. The molecule has 60 heavy (non-hydrogen) atoms. The van der Waals surface area contributed by atoms with Crippen LogP contribution in [0.2, 0.25) is 0 Å². The lowest BCUT2D eigenvalue weighted by Crippen LogP contribution is -2.49. The smallest absolute Gasteiger partial charge is 0.328 e. The van der Waals surface area contributed by atoms with Crippen molar-refractivity contribution in [2.24, 2.45) is 23.1 Å². The Labute approximate surface area is 351 Å². The summed E-state index contributed by atoms with van der Waals surface area (Å²) in [7, 11) is 0. The van der Waals surface area contributed by atoms with E-state index >= 15 is 0 Å². The average Bonchev–Trinajstić information content (AvgIpc) is 3.58. The number of imide groups is 1. The molecule has 1 aromatic heterocycles. The normalized spacial score (nSPS) is 21.4. The van der Waals surface area contributed by atoms with Crippen molar-refractivity contribution in [3.63, 3.8) is 0 Å². The maximum absolute atomic E-state index is 13.6. The number of piperidine rings is 2. The van der Waals surface area contributed by atoms with Crippen LogP contribution in [0.15, 0.2) is 90.5 Å². The standard InChI is InChI=1S/C46H57N9O5/c1-29-25-55(39-12-11-35(23-37(29)39)53-22-17-43(57)50-46(53)59)34-15-18-51(19-16-34)26-31-13-20-52(21-14-31)45(58)33-9-7-32(8-10-33)42-27-54(30(2)28-60-42)40(44(48)49)24-38(47)36-5-3-4-6-41(36)56/h3-12,23-25,30-31,34,42,56H,13-22,26-28,47-49H2,1-2H3,(H,50,57,59)/b38-24-. The number of ether oxygens (including phenoxy) is 1. The van der Waals surface area contributed by atoms with Crippen molar-refractivity contribution in [1.29, 1.82) is 0 Å². The molecular formula is C46H57N9O5. The number of carbonyl (C=O) groups is 3. The van der Waals surface area contributed by atoms with E-state index in [9.17, 15) is 19.5 Å². The van der Waals surface area contributed by atoms with Gasteiger partial charge in [-0.3, -0.25) is 19.8 Å². The largest absolute Gasteiger partial charge is 0.507 e. The van der Waals surface area contributed by atoms with Crippen molar-refractivity contribution < 1.29 is 24.2 Å². The van der Waals surface area contributed by atoms with Crippen LogP contribution in [0.3, 0.4) is 0 Å². The molecule has 2 atom stereocenters. The Hall–Kier alpha value is -5.99. The summed E-state index contributed by atoms with van der Waals surface area (Å²) >= 11 is 0. The summed E-state index contributed by atoms with van der Waals surface area (Å²) in [5.41, 5.74) is 25.0. The van der Waals surface area contributed by atoms with Gasteiger partial charge in [-0.05, 0) is 105 Å². The number of nitrogens with one attached hydrogen (secondary N) is 1. The molecule has 4 aliphatic rings. The summed E-state index contributed by atoms with van der Waals surface area (Å²) in [5.74, 6) is 0.581. The molecule has 14 heteroatoms. The number of morpholine rings is 1. The van der Waals surface area contributed by atoms with Gasteiger partial charge in [0.25, 0.3) is 5.91 Å². The second-order valence-corrected chi connectivity index (χ2v) is 16.8. The van der Waals surface area contributed by atoms with E-state index < -0.39 is 0 Å². The molecule has 0 aliphatic carbocycles. The van der Waals surface area contributed by atoms with Gasteiger partial charge >= 0.3 is 6.03 Å². The minimum absolute atomic E-state index is 0.0266. The monoisotopic (exact) mass is 815 g/mol. The highest BCUT2D eigenvalue weighted by Gasteiger charge is 2.32. The number of fused-ring (bicyclic) bond motifs is 1. The molecule has 2 unspecified atom stereocenters. The predicted molar refractivity (Wildman–Crippen MR) is 232 cm³/mol. The molecule has 0 spiro atoms. The van der Waals surface area contributed by atoms with Crippen LogP contribution in [-0.2, 0) is 9.53 Å². The van der Waals surface area contributed by atoms with Gasteiger partial charge in [0.15, 0.2) is 0 Å². The first-order valence-corrected chi connectivity index (χ1v) is 21.2. The van der Waals surface area contributed by atoms with Gasteiger partial charge in [-0.1, -0.05) is 24.3 Å². The number of allylic oxidation sites excluding steroid dienone is 1. The number of para-hydroxylation sites is 1. The molecule has 4 amide bonds. The Kier molecular flexibility index (Phi) is 11.8. The number of likely N-dealkylation sites (tertiary alicyclic amines) is 2. The minimum atomic E-state index is -0.362. The zero-order chi connectivity index (χ0) is 42.1. The zero-order valence-corrected chi connectivity index (χ0v) is 34.6. The van der Waals surface area contributed by atoms with E-state index in [1.165, 1.54) is 11.1 Å². The fraction of sp³-hybridized carbons (Fsp3) is 0.413. The maximum atomic E-state index is 13.6. The first-order chi connectivity index (χ1) is 28.9. The van der Waals surface area contributed by atoms with Crippen LogP contribution in [0.4, 0.5) is 10.5 Å². The van der Waals surface area contributed by atoms with Crippen molar-refractivity contribution in [3.8, 4) is 5.75 Å². The number of phenolic OH excluding ortho intramolecular Hbond substituents is 1. The molecule has 316 valence electrons. The number of urea groups is 1. The summed E-state index contributed by atoms with van der Waals surface area (Å²) in [6.45, 7) is 10.1. The number of nitrogens with zero attached hydrogens (tertiary/aromatic N) is 5. The lowest BCUT2D eigenvalue weighted by atomic mass is 9.94. The number of carbonyl (C=O) groups excluding carboxylic acids is 3. The Morgan fingerprint density at radius 2 is 1.67 bits per heavy atom. The van der Waals surface area contributed by atoms with Gasteiger partial charge in [0.1, 0.15) is 17.7 Å². The number of hydrogen-bond donors (Lipinski definition) is 5. The van der Waals surface area contributed by atoms with Crippen molar-refractivity contribution in [2.75, 3.05) is 57.3 Å². The maximum Gasteiger partial charge on any atom is 0.328 e. The van der Waals surface area contributed by atoms with Crippen LogP contribution in [0, 0.1) is 12.8 Å². The molecule has 4 fully saturated rings. The van der Waals surface area contributed by atoms with Crippen LogP contribution >= 0.6 is 0 Å². The number of nitrogens with two attached hydrogens (primary N) is 3. The lowest BCUT2D eigenvalue weighted by Gasteiger charge is -2.40. The first-order valence-electron chi connectivity index (χ1n) is 21.2. The fourth-order valence-corrected chi connectivity index (χ4v) is 9.35. The number of rotatable bonds is 9. The van der Waals surface area contributed by atoms with Crippen LogP contribution in [0.1, 0.15) is 78.2 Å². The van der Waals surface area contributed by atoms with E-state index in [1.54, 1.807) is 35.2 Å². The van der Waals surface area contributed by atoms with Gasteiger partial charge in [-0.15, -0.1) is 0 Å². The number of anilines is 1. The van der Waals surface area contributed by atoms with Crippen molar-refractivity contribution in [1.82, 2.24) is 24.6 Å². The number of phenols is 1. The number of aryl methyl sites for hydroxylation is 1. The molecule has 0 radical (unpaired) electrons. The van der Waals surface area contributed by atoms with Gasteiger partial charge in [-0.2, -0.15) is 0 Å². The first kappa shape index (κ1) is 40.8. The fourth-order valence-electron chi connectivity index (χ4n) is 9.35. The van der Waals surface area contributed by atoms with Crippen LogP contribution in [0.25, 0.3) is 16.6 Å². The highest BCUT2D eigenvalue weighted by Crippen LogP contribution is 2.34. The Balaban J connectivity index is 0.818. The van der Waals surface area contributed by atoms with Gasteiger partial charge in [0.2, 0.25) is 5.91 Å². The van der Waals surface area contributed by atoms with Crippen LogP contribution in [0.5, 0.6) is 5.75 Å². The Morgan fingerprint density at radius 3 is 2.37 bits per heavy atom. The van der Waals surface area contributed by atoms with E-state index in [1.807, 2.05) is 42.2 Å². The molecule has 4 aliphatic heterocycles. The average molecular weight is 816 g/mol. The van der Waals surface area contributed by atoms with Crippen LogP contribution < -0.4 is 27.4 Å². The topological polar surface area (TPSA) is 189 Å². The Bertz CT molecular complexity index is 2300. The van der Waals surface area contributed by atoms with Crippen molar-refractivity contribution in [3.05, 3.63) is 113 Å². The molecule has 4 aromatic rings. The second-order valence-electron chi connectivity index (χ2n) is 16.8. The minimum Gasteiger partial charge on any atom is -0.507 e. The molecule has 0 bridgehead atoms. The third-order valence-electron chi connectivity index (χ3n) is 12.8. The quantitative estimate of drug-likeness (QED) is 0.142. The summed E-state index contributed by atoms with van der Waals surface area (Å²) in [4.78, 5) is 46.1. The molecule has 8 rings (SSSR count). The van der Waals surface area contributed by atoms with Gasteiger partial charge in [0.05, 0.1) is 12.3 Å². The third-order valence-corrected chi connectivity index (χ3v) is 12.8. The van der Waals surface area contributed by atoms with E-state index in [-0.39, 0.29) is 41.6 Å². The number of benzene rings is 3. The highest BCUT2D eigenvalue weighted by molar-refractivity contribution is 6.06. The highest BCUT2D eigenvalue weighted by atomic mass is 16.5. The molecule has 5 heterocycles. The van der Waals surface area contributed by atoms with Crippen molar-refractivity contribution >= 4 is 40.1 Å². The zero-order valence-electron chi connectivity index (χ0n) is 34.6. The third kappa shape index (κ3) is 8.52. The predicted octanol–water partition coefficient (Wildman–Crippen LogP) is 5.14. The lowest BCUT2D eigenvalue weighted by molar-refractivity contribution is -0.120. The second kappa shape index (κ2) is 17.3. The van der Waals surface area contributed by atoms with E-state index in [0.29, 0.717) is 60.6 Å². The molecule has 0 saturated carbocycles. The number of aromatic hydroxyl groups is 1. The summed E-state index contributed by atoms with van der Waals surface area (Å²) in [6.07, 6.45) is 8.10. The van der Waals surface area contributed by atoms with Gasteiger partial charge in [0, 0.05) is 104 Å².